The Bertz CT molecular complexity index is 149. The van der Waals surface area contributed by atoms with E-state index in [1.54, 1.807) is 0 Å². The third kappa shape index (κ3) is 1.39. The first-order chi connectivity index (χ1) is 4.61. The van der Waals surface area contributed by atoms with E-state index in [1.165, 1.54) is 12.1 Å². The van der Waals surface area contributed by atoms with Crippen LogP contribution in [0, 0.1) is 11.8 Å². The molecule has 0 bridgehead atoms. The van der Waals surface area contributed by atoms with E-state index in [0.29, 0.717) is 12.0 Å². The fourth-order valence-electron chi connectivity index (χ4n) is 1.50. The van der Waals surface area contributed by atoms with E-state index >= 15 is 0 Å². The zero-order valence-corrected chi connectivity index (χ0v) is 7.39. The van der Waals surface area contributed by atoms with Crippen molar-refractivity contribution in [2.45, 2.75) is 40.2 Å². The predicted octanol–water partition coefficient (Wildman–Crippen LogP) is 2.51. The molecule has 1 aliphatic heterocycles. The first kappa shape index (κ1) is 7.77. The Kier molecular flexibility index (Phi) is 2.12. The summed E-state index contributed by atoms with van der Waals surface area (Å²) in [7, 11) is 0. The van der Waals surface area contributed by atoms with Gasteiger partial charge >= 0.3 is 0 Å². The van der Waals surface area contributed by atoms with Crippen molar-refractivity contribution in [2.75, 3.05) is 0 Å². The molecule has 0 fully saturated rings. The molecule has 10 heavy (non-hydrogen) atoms. The van der Waals surface area contributed by atoms with Gasteiger partial charge in [-0.25, -0.2) is 0 Å². The third-order valence-electron chi connectivity index (χ3n) is 2.67. The van der Waals surface area contributed by atoms with Gasteiger partial charge in [-0.15, -0.1) is 0 Å². The van der Waals surface area contributed by atoms with Crippen LogP contribution in [0.25, 0.3) is 0 Å². The lowest BCUT2D eigenvalue weighted by molar-refractivity contribution is 0.393. The van der Waals surface area contributed by atoms with Crippen LogP contribution >= 0.6 is 0 Å². The summed E-state index contributed by atoms with van der Waals surface area (Å²) >= 11 is 0. The zero-order chi connectivity index (χ0) is 7.72. The summed E-state index contributed by atoms with van der Waals surface area (Å²) in [6, 6.07) is 0.552. The number of aliphatic imine (C=N–C) groups is 1. The van der Waals surface area contributed by atoms with E-state index in [9.17, 15) is 0 Å². The van der Waals surface area contributed by atoms with E-state index in [0.717, 1.165) is 5.92 Å². The van der Waals surface area contributed by atoms with Gasteiger partial charge in [0, 0.05) is 11.8 Å². The van der Waals surface area contributed by atoms with Crippen LogP contribution in [0.2, 0.25) is 0 Å². The maximum absolute atomic E-state index is 4.56. The zero-order valence-electron chi connectivity index (χ0n) is 7.39. The number of hydrogen-bond acceptors (Lipinski definition) is 1. The topological polar surface area (TPSA) is 12.4 Å². The molecular weight excluding hydrogens is 122 g/mol. The highest BCUT2D eigenvalue weighted by Crippen LogP contribution is 2.24. The molecule has 1 heterocycles. The van der Waals surface area contributed by atoms with Gasteiger partial charge in [-0.1, -0.05) is 13.8 Å². The summed E-state index contributed by atoms with van der Waals surface area (Å²) in [6.07, 6.45) is 1.32. The maximum Gasteiger partial charge on any atom is 0.0496 e. The van der Waals surface area contributed by atoms with Crippen molar-refractivity contribution in [1.82, 2.24) is 0 Å². The SMILES string of the molecule is CC1=NC(C)C(C)CC1C. The lowest BCUT2D eigenvalue weighted by Gasteiger charge is -2.27. The standard InChI is InChI=1S/C9H17N/c1-6-5-7(2)9(4)10-8(6)3/h6-8H,5H2,1-4H3. The van der Waals surface area contributed by atoms with Gasteiger partial charge in [-0.05, 0) is 32.1 Å². The predicted molar refractivity (Wildman–Crippen MR) is 45.5 cm³/mol. The Balaban J connectivity index is 2.69. The van der Waals surface area contributed by atoms with Crippen molar-refractivity contribution in [1.29, 1.82) is 0 Å². The smallest absolute Gasteiger partial charge is 0.0496 e. The van der Waals surface area contributed by atoms with Crippen molar-refractivity contribution in [2.24, 2.45) is 16.8 Å². The first-order valence-corrected chi connectivity index (χ1v) is 4.15. The van der Waals surface area contributed by atoms with Crippen molar-refractivity contribution >= 4 is 5.71 Å². The van der Waals surface area contributed by atoms with E-state index in [-0.39, 0.29) is 0 Å². The largest absolute Gasteiger partial charge is 0.291 e. The molecule has 0 aliphatic carbocycles. The van der Waals surface area contributed by atoms with E-state index in [4.69, 9.17) is 0 Å². The van der Waals surface area contributed by atoms with Gasteiger partial charge in [0.25, 0.3) is 0 Å². The second kappa shape index (κ2) is 2.73. The molecule has 58 valence electrons. The second-order valence-electron chi connectivity index (χ2n) is 3.63. The van der Waals surface area contributed by atoms with Gasteiger partial charge in [0.1, 0.15) is 0 Å². The summed E-state index contributed by atoms with van der Waals surface area (Å²) in [6.45, 7) is 8.91. The van der Waals surface area contributed by atoms with Crippen LogP contribution < -0.4 is 0 Å². The monoisotopic (exact) mass is 139 g/mol. The fraction of sp³-hybridized carbons (Fsp3) is 0.889. The summed E-state index contributed by atoms with van der Waals surface area (Å²) in [5.41, 5.74) is 1.34. The van der Waals surface area contributed by atoms with Crippen LogP contribution in [0.1, 0.15) is 34.1 Å². The summed E-state index contributed by atoms with van der Waals surface area (Å²) in [5, 5.41) is 0. The Morgan fingerprint density at radius 3 is 2.40 bits per heavy atom. The number of hydrogen-bond donors (Lipinski definition) is 0. The minimum atomic E-state index is 0.552. The molecule has 0 N–H and O–H groups in total. The van der Waals surface area contributed by atoms with E-state index < -0.39 is 0 Å². The van der Waals surface area contributed by atoms with Gasteiger partial charge in [-0.3, -0.25) is 4.99 Å². The van der Waals surface area contributed by atoms with Crippen molar-refractivity contribution < 1.29 is 0 Å². The van der Waals surface area contributed by atoms with E-state index in [1.807, 2.05) is 0 Å². The second-order valence-corrected chi connectivity index (χ2v) is 3.63. The van der Waals surface area contributed by atoms with Gasteiger partial charge in [0.2, 0.25) is 0 Å². The highest BCUT2D eigenvalue weighted by Gasteiger charge is 2.21. The fourth-order valence-corrected chi connectivity index (χ4v) is 1.50. The van der Waals surface area contributed by atoms with Crippen LogP contribution in [-0.4, -0.2) is 11.8 Å². The molecule has 0 radical (unpaired) electrons. The van der Waals surface area contributed by atoms with Crippen molar-refractivity contribution in [3.8, 4) is 0 Å². The average Bonchev–Trinajstić information content (AvgIpc) is 1.84. The summed E-state index contributed by atoms with van der Waals surface area (Å²) in [5.74, 6) is 1.49. The Morgan fingerprint density at radius 1 is 1.30 bits per heavy atom. The first-order valence-electron chi connectivity index (χ1n) is 4.15. The Hall–Kier alpha value is -0.330. The van der Waals surface area contributed by atoms with Crippen LogP contribution in [0.15, 0.2) is 4.99 Å². The molecule has 1 nitrogen and oxygen atoms in total. The van der Waals surface area contributed by atoms with Gasteiger partial charge < -0.3 is 0 Å². The highest BCUT2D eigenvalue weighted by atomic mass is 14.8. The highest BCUT2D eigenvalue weighted by molar-refractivity contribution is 5.84. The molecule has 0 aromatic heterocycles. The molecule has 0 amide bonds. The molecule has 1 aliphatic rings. The summed E-state index contributed by atoms with van der Waals surface area (Å²) in [4.78, 5) is 4.56. The van der Waals surface area contributed by atoms with Gasteiger partial charge in [0.05, 0.1) is 0 Å². The van der Waals surface area contributed by atoms with Gasteiger partial charge in [0.15, 0.2) is 0 Å². The number of rotatable bonds is 0. The lowest BCUT2D eigenvalue weighted by Crippen LogP contribution is -2.25. The molecule has 1 heteroatoms. The van der Waals surface area contributed by atoms with Crippen LogP contribution in [-0.2, 0) is 0 Å². The minimum Gasteiger partial charge on any atom is -0.291 e. The van der Waals surface area contributed by atoms with Crippen molar-refractivity contribution in [3.05, 3.63) is 0 Å². The van der Waals surface area contributed by atoms with Crippen LogP contribution in [0.3, 0.4) is 0 Å². The van der Waals surface area contributed by atoms with Gasteiger partial charge in [-0.2, -0.15) is 0 Å². The van der Waals surface area contributed by atoms with Crippen LogP contribution in [0.5, 0.6) is 0 Å². The Morgan fingerprint density at radius 2 is 1.90 bits per heavy atom. The summed E-state index contributed by atoms with van der Waals surface area (Å²) < 4.78 is 0. The molecule has 3 atom stereocenters. The molecule has 0 aromatic carbocycles. The molecule has 0 spiro atoms. The normalized spacial score (nSPS) is 41.2. The molecular formula is C9H17N. The Labute approximate surface area is 63.5 Å². The maximum atomic E-state index is 4.56. The molecule has 1 rings (SSSR count). The van der Waals surface area contributed by atoms with Crippen LogP contribution in [0.4, 0.5) is 0 Å². The number of nitrogens with zero attached hydrogens (tertiary/aromatic N) is 1. The third-order valence-corrected chi connectivity index (χ3v) is 2.67. The molecule has 0 saturated heterocycles. The molecule has 3 unspecified atom stereocenters. The average molecular weight is 139 g/mol. The quantitative estimate of drug-likeness (QED) is 0.489. The van der Waals surface area contributed by atoms with E-state index in [2.05, 4.69) is 32.7 Å². The van der Waals surface area contributed by atoms with Crippen molar-refractivity contribution in [3.63, 3.8) is 0 Å². The molecule has 0 aromatic rings. The minimum absolute atomic E-state index is 0.552. The molecule has 0 saturated carbocycles. The lowest BCUT2D eigenvalue weighted by atomic mass is 9.86.